The number of anilines is 2. The third-order valence-corrected chi connectivity index (χ3v) is 3.42. The molecular weight excluding hydrogens is 298 g/mol. The van der Waals surface area contributed by atoms with Crippen LogP contribution in [0.15, 0.2) is 60.8 Å². The smallest absolute Gasteiger partial charge is 0.244 e. The Kier molecular flexibility index (Phi) is 4.21. The Morgan fingerprint density at radius 1 is 1.05 bits per heavy atom. The molecule has 0 saturated carbocycles. The molecule has 0 fully saturated rings. The van der Waals surface area contributed by atoms with Crippen LogP contribution in [0.5, 0.6) is 0 Å². The molecule has 1 aromatic heterocycles. The van der Waals surface area contributed by atoms with Crippen LogP contribution in [0.4, 0.5) is 11.5 Å². The summed E-state index contributed by atoms with van der Waals surface area (Å²) in [5, 5.41) is 8.64. The van der Waals surface area contributed by atoms with E-state index in [2.05, 4.69) is 21.7 Å². The van der Waals surface area contributed by atoms with Crippen LogP contribution < -0.4 is 10.6 Å². The number of nitrogens with zero attached hydrogens (tertiary/aromatic N) is 1. The lowest BCUT2D eigenvalue weighted by molar-refractivity contribution is -0.114. The fraction of sp³-hybridized carbons (Fsp3) is 0.0588. The number of pyridine rings is 1. The Hall–Kier alpha value is -2.59. The van der Waals surface area contributed by atoms with Gasteiger partial charge in [-0.3, -0.25) is 4.79 Å². The fourth-order valence-electron chi connectivity index (χ4n) is 2.12. The van der Waals surface area contributed by atoms with Crippen molar-refractivity contribution in [3.05, 3.63) is 65.8 Å². The summed E-state index contributed by atoms with van der Waals surface area (Å²) >= 11 is 5.75. The summed E-state index contributed by atoms with van der Waals surface area (Å²) in [5.74, 6) is 0.317. The van der Waals surface area contributed by atoms with E-state index in [4.69, 9.17) is 11.6 Å². The Bertz CT molecular complexity index is 802. The number of halogens is 1. The Morgan fingerprint density at radius 3 is 2.64 bits per heavy atom. The first kappa shape index (κ1) is 14.4. The maximum Gasteiger partial charge on any atom is 0.244 e. The van der Waals surface area contributed by atoms with Crippen LogP contribution in [-0.4, -0.2) is 17.4 Å². The van der Waals surface area contributed by atoms with E-state index >= 15 is 0 Å². The van der Waals surface area contributed by atoms with Crippen LogP contribution in [-0.2, 0) is 4.79 Å². The lowest BCUT2D eigenvalue weighted by atomic mass is 10.1. The van der Waals surface area contributed by atoms with Crippen molar-refractivity contribution in [2.45, 2.75) is 0 Å². The quantitative estimate of drug-likeness (QED) is 0.767. The van der Waals surface area contributed by atoms with Gasteiger partial charge in [0, 0.05) is 11.9 Å². The van der Waals surface area contributed by atoms with E-state index in [9.17, 15) is 4.79 Å². The van der Waals surface area contributed by atoms with Crippen molar-refractivity contribution in [1.82, 2.24) is 4.98 Å². The molecular formula is C17H14ClN3O. The minimum absolute atomic E-state index is 0.164. The molecule has 0 atom stereocenters. The predicted molar refractivity (Wildman–Crippen MR) is 90.3 cm³/mol. The molecule has 0 radical (unpaired) electrons. The van der Waals surface area contributed by atoms with Crippen molar-refractivity contribution in [3.63, 3.8) is 0 Å². The summed E-state index contributed by atoms with van der Waals surface area (Å²) in [4.78, 5) is 15.9. The average molecular weight is 312 g/mol. The first-order chi connectivity index (χ1) is 10.7. The molecule has 0 saturated heterocycles. The molecule has 1 heterocycles. The Balaban J connectivity index is 1.60. The summed E-state index contributed by atoms with van der Waals surface area (Å²) in [7, 11) is 0. The summed E-state index contributed by atoms with van der Waals surface area (Å²) in [6.45, 7) is 0.169. The molecule has 3 rings (SSSR count). The third kappa shape index (κ3) is 3.54. The highest BCUT2D eigenvalue weighted by Gasteiger charge is 2.03. The lowest BCUT2D eigenvalue weighted by Crippen LogP contribution is -2.22. The summed E-state index contributed by atoms with van der Waals surface area (Å²) in [5.41, 5.74) is 0.901. The number of rotatable bonds is 4. The second-order valence-electron chi connectivity index (χ2n) is 4.83. The largest absolute Gasteiger partial charge is 0.376 e. The molecule has 0 aliphatic carbocycles. The van der Waals surface area contributed by atoms with E-state index in [0.717, 1.165) is 11.1 Å². The summed E-state index contributed by atoms with van der Waals surface area (Å²) in [6.07, 6.45) is 1.49. The Morgan fingerprint density at radius 2 is 1.86 bits per heavy atom. The highest BCUT2D eigenvalue weighted by Crippen LogP contribution is 2.18. The van der Waals surface area contributed by atoms with Crippen LogP contribution in [0.2, 0.25) is 5.02 Å². The van der Waals surface area contributed by atoms with Gasteiger partial charge < -0.3 is 10.6 Å². The van der Waals surface area contributed by atoms with Crippen molar-refractivity contribution >= 4 is 39.8 Å². The van der Waals surface area contributed by atoms with Gasteiger partial charge in [0.1, 0.15) is 5.82 Å². The molecule has 5 heteroatoms. The van der Waals surface area contributed by atoms with Crippen molar-refractivity contribution in [2.75, 3.05) is 17.2 Å². The minimum atomic E-state index is -0.164. The van der Waals surface area contributed by atoms with E-state index in [0.29, 0.717) is 10.8 Å². The minimum Gasteiger partial charge on any atom is -0.376 e. The topological polar surface area (TPSA) is 54.0 Å². The van der Waals surface area contributed by atoms with E-state index < -0.39 is 0 Å². The second-order valence-corrected chi connectivity index (χ2v) is 5.26. The number of amides is 1. The van der Waals surface area contributed by atoms with Gasteiger partial charge in [0.25, 0.3) is 0 Å². The molecule has 4 nitrogen and oxygen atoms in total. The zero-order chi connectivity index (χ0) is 15.4. The fourth-order valence-corrected chi connectivity index (χ4v) is 2.23. The van der Waals surface area contributed by atoms with Gasteiger partial charge in [-0.15, -0.1) is 0 Å². The number of benzene rings is 2. The molecule has 3 aromatic rings. The molecule has 2 aromatic carbocycles. The zero-order valence-electron chi connectivity index (χ0n) is 11.7. The Labute approximate surface area is 133 Å². The van der Waals surface area contributed by atoms with Crippen molar-refractivity contribution in [3.8, 4) is 0 Å². The maximum absolute atomic E-state index is 11.9. The van der Waals surface area contributed by atoms with Gasteiger partial charge in [0.2, 0.25) is 5.91 Å². The molecule has 22 heavy (non-hydrogen) atoms. The van der Waals surface area contributed by atoms with Crippen molar-refractivity contribution < 1.29 is 4.79 Å². The number of nitrogens with one attached hydrogen (secondary N) is 2. The van der Waals surface area contributed by atoms with E-state index in [-0.39, 0.29) is 12.5 Å². The number of hydrogen-bond acceptors (Lipinski definition) is 3. The van der Waals surface area contributed by atoms with Crippen LogP contribution in [0.3, 0.4) is 0 Å². The van der Waals surface area contributed by atoms with E-state index in [1.165, 1.54) is 11.6 Å². The summed E-state index contributed by atoms with van der Waals surface area (Å²) < 4.78 is 0. The highest BCUT2D eigenvalue weighted by atomic mass is 35.5. The number of carbonyl (C=O) groups is 1. The van der Waals surface area contributed by atoms with Crippen LogP contribution >= 0.6 is 11.6 Å². The molecule has 0 bridgehead atoms. The van der Waals surface area contributed by atoms with Crippen molar-refractivity contribution in [2.24, 2.45) is 0 Å². The number of hydrogen-bond donors (Lipinski definition) is 2. The standard InChI is InChI=1S/C17H14ClN3O/c18-14-6-8-16(20-10-14)21-17(22)11-19-15-7-5-12-3-1-2-4-13(12)9-15/h1-10,19H,11H2,(H,20,21,22). The van der Waals surface area contributed by atoms with Gasteiger partial charge in [-0.05, 0) is 35.0 Å². The number of fused-ring (bicyclic) bond motifs is 1. The first-order valence-electron chi connectivity index (χ1n) is 6.85. The van der Waals surface area contributed by atoms with Crippen LogP contribution in [0.25, 0.3) is 10.8 Å². The van der Waals surface area contributed by atoms with Gasteiger partial charge >= 0.3 is 0 Å². The molecule has 1 amide bonds. The molecule has 0 unspecified atom stereocenters. The van der Waals surface area contributed by atoms with E-state index in [1.54, 1.807) is 12.1 Å². The van der Waals surface area contributed by atoms with Gasteiger partial charge in [0.15, 0.2) is 0 Å². The van der Waals surface area contributed by atoms with Gasteiger partial charge in [-0.25, -0.2) is 4.98 Å². The van der Waals surface area contributed by atoms with Crippen LogP contribution in [0, 0.1) is 0 Å². The second kappa shape index (κ2) is 6.45. The molecule has 2 N–H and O–H groups in total. The number of aromatic nitrogens is 1. The summed E-state index contributed by atoms with van der Waals surface area (Å²) in [6, 6.07) is 17.4. The molecule has 0 spiro atoms. The average Bonchev–Trinajstić information content (AvgIpc) is 2.55. The SMILES string of the molecule is O=C(CNc1ccc2ccccc2c1)Nc1ccc(Cl)cn1. The maximum atomic E-state index is 11.9. The van der Waals surface area contributed by atoms with Gasteiger partial charge in [-0.2, -0.15) is 0 Å². The lowest BCUT2D eigenvalue weighted by Gasteiger charge is -2.08. The molecule has 0 aliphatic heterocycles. The number of carbonyl (C=O) groups excluding carboxylic acids is 1. The molecule has 0 aliphatic rings. The normalized spacial score (nSPS) is 10.4. The third-order valence-electron chi connectivity index (χ3n) is 3.20. The van der Waals surface area contributed by atoms with Crippen molar-refractivity contribution in [1.29, 1.82) is 0 Å². The zero-order valence-corrected chi connectivity index (χ0v) is 12.5. The highest BCUT2D eigenvalue weighted by molar-refractivity contribution is 6.30. The molecule has 110 valence electrons. The first-order valence-corrected chi connectivity index (χ1v) is 7.22. The van der Waals surface area contributed by atoms with Gasteiger partial charge in [-0.1, -0.05) is 41.9 Å². The van der Waals surface area contributed by atoms with E-state index in [1.807, 2.05) is 36.4 Å². The monoisotopic (exact) mass is 311 g/mol. The predicted octanol–water partition coefficient (Wildman–Crippen LogP) is 3.94. The van der Waals surface area contributed by atoms with Crippen LogP contribution in [0.1, 0.15) is 0 Å². The van der Waals surface area contributed by atoms with Gasteiger partial charge in [0.05, 0.1) is 11.6 Å².